The molecule has 8 nitrogen and oxygen atoms in total. The van der Waals surface area contributed by atoms with E-state index in [0.717, 1.165) is 43.4 Å². The minimum Gasteiger partial charge on any atom is -0.494 e. The van der Waals surface area contributed by atoms with Crippen LogP contribution in [0.25, 0.3) is 11.6 Å². The first-order valence-electron chi connectivity index (χ1n) is 12.6. The number of ether oxygens (including phenoxy) is 2. The fourth-order valence-electron chi connectivity index (χ4n) is 3.80. The number of hydrogen-bond donors (Lipinski definition) is 0. The molecule has 0 spiro atoms. The number of allylic oxidation sites excluding steroid dienone is 1. The highest BCUT2D eigenvalue weighted by Gasteiger charge is 2.11. The molecule has 0 bridgehead atoms. The van der Waals surface area contributed by atoms with Crippen LogP contribution in [0.1, 0.15) is 60.0 Å². The van der Waals surface area contributed by atoms with Gasteiger partial charge in [-0.1, -0.05) is 49.9 Å². The van der Waals surface area contributed by atoms with Crippen LogP contribution in [-0.2, 0) is 4.74 Å². The summed E-state index contributed by atoms with van der Waals surface area (Å²) in [4.78, 5) is 33.5. The Bertz CT molecular complexity index is 1310. The maximum atomic E-state index is 13.1. The van der Waals surface area contributed by atoms with Gasteiger partial charge in [0.05, 0.1) is 30.4 Å². The minimum atomic E-state index is -0.620. The lowest BCUT2D eigenvalue weighted by Crippen LogP contribution is -2.06. The zero-order chi connectivity index (χ0) is 27.9. The summed E-state index contributed by atoms with van der Waals surface area (Å²) in [7, 11) is 0. The highest BCUT2D eigenvalue weighted by molar-refractivity contribution is 5.91. The van der Waals surface area contributed by atoms with E-state index in [0.29, 0.717) is 24.2 Å². The number of halogens is 1. The molecule has 0 unspecified atom stereocenters. The molecule has 0 aliphatic heterocycles. The van der Waals surface area contributed by atoms with Crippen LogP contribution in [0.4, 0.5) is 15.8 Å². The van der Waals surface area contributed by atoms with E-state index >= 15 is 0 Å². The first kappa shape index (κ1) is 28.9. The molecule has 0 aliphatic carbocycles. The van der Waals surface area contributed by atoms with E-state index in [1.54, 1.807) is 18.2 Å². The van der Waals surface area contributed by atoms with Crippen molar-refractivity contribution in [2.24, 2.45) is 10.4 Å². The van der Waals surface area contributed by atoms with Crippen LogP contribution in [0.3, 0.4) is 0 Å². The SMILES string of the molecule is N#C/C(=C\c1ccc(OCCCCCCCCOC(=O)c2cc(N=O)cc(N=O)c2)cc1)c1ccc(F)cc1. The molecular formula is C30H28FN3O5. The zero-order valence-electron chi connectivity index (χ0n) is 21.3. The van der Waals surface area contributed by atoms with Crippen molar-refractivity contribution in [1.29, 1.82) is 5.26 Å². The van der Waals surface area contributed by atoms with Crippen molar-refractivity contribution in [2.45, 2.75) is 38.5 Å². The van der Waals surface area contributed by atoms with Gasteiger partial charge in [0.15, 0.2) is 0 Å². The van der Waals surface area contributed by atoms with Crippen molar-refractivity contribution in [3.63, 3.8) is 0 Å². The molecule has 3 aromatic rings. The summed E-state index contributed by atoms with van der Waals surface area (Å²) in [5.41, 5.74) is 1.93. The maximum Gasteiger partial charge on any atom is 0.338 e. The van der Waals surface area contributed by atoms with Gasteiger partial charge in [-0.3, -0.25) is 0 Å². The summed E-state index contributed by atoms with van der Waals surface area (Å²) in [5.74, 6) is -0.214. The number of esters is 1. The van der Waals surface area contributed by atoms with Crippen molar-refractivity contribution in [2.75, 3.05) is 13.2 Å². The van der Waals surface area contributed by atoms with E-state index < -0.39 is 5.97 Å². The van der Waals surface area contributed by atoms with E-state index in [-0.39, 0.29) is 29.4 Å². The number of rotatable bonds is 15. The number of hydrogen-bond acceptors (Lipinski definition) is 8. The predicted molar refractivity (Wildman–Crippen MR) is 147 cm³/mol. The molecule has 0 aromatic heterocycles. The fraction of sp³-hybridized carbons (Fsp3) is 0.267. The molecule has 0 heterocycles. The number of nitroso groups, excluding NO2 is 2. The van der Waals surface area contributed by atoms with Crippen LogP contribution in [0, 0.1) is 27.0 Å². The molecule has 0 saturated heterocycles. The minimum absolute atomic E-state index is 0.0510. The topological polar surface area (TPSA) is 118 Å². The Labute approximate surface area is 226 Å². The van der Waals surface area contributed by atoms with Crippen molar-refractivity contribution in [3.8, 4) is 11.8 Å². The molecular weight excluding hydrogens is 501 g/mol. The molecule has 0 saturated carbocycles. The molecule has 0 amide bonds. The summed E-state index contributed by atoms with van der Waals surface area (Å²) in [6.45, 7) is 0.841. The Kier molecular flexibility index (Phi) is 11.5. The lowest BCUT2D eigenvalue weighted by atomic mass is 10.0. The second kappa shape index (κ2) is 15.5. The summed E-state index contributed by atoms with van der Waals surface area (Å²) in [5, 5.41) is 14.9. The highest BCUT2D eigenvalue weighted by Crippen LogP contribution is 2.24. The van der Waals surface area contributed by atoms with Gasteiger partial charge >= 0.3 is 5.97 Å². The molecule has 3 aromatic carbocycles. The predicted octanol–water partition coefficient (Wildman–Crippen LogP) is 8.26. The molecule has 3 rings (SSSR count). The Morgan fingerprint density at radius 2 is 1.38 bits per heavy atom. The summed E-state index contributed by atoms with van der Waals surface area (Å²) < 4.78 is 24.1. The third-order valence-corrected chi connectivity index (χ3v) is 5.86. The summed E-state index contributed by atoms with van der Waals surface area (Å²) in [6.07, 6.45) is 7.32. The first-order valence-corrected chi connectivity index (χ1v) is 12.6. The van der Waals surface area contributed by atoms with Gasteiger partial charge in [0.1, 0.15) is 22.9 Å². The van der Waals surface area contributed by atoms with Crippen LogP contribution >= 0.6 is 0 Å². The van der Waals surface area contributed by atoms with Crippen molar-refractivity contribution < 1.29 is 18.7 Å². The number of nitrogens with zero attached hydrogens (tertiary/aromatic N) is 3. The number of nitriles is 1. The lowest BCUT2D eigenvalue weighted by molar-refractivity contribution is 0.0497. The standard InChI is InChI=1S/C30H28FN3O5/c31-26-11-9-23(10-12-26)25(21-32)17-22-7-13-29(14-8-22)38-15-5-3-1-2-4-6-16-39-30(35)24-18-27(33-36)20-28(19-24)34-37/h7-14,17-20H,1-6,15-16H2/b25-17+. The van der Waals surface area contributed by atoms with Gasteiger partial charge in [-0.25, -0.2) is 9.18 Å². The summed E-state index contributed by atoms with van der Waals surface area (Å²) >= 11 is 0. The second-order valence-electron chi connectivity index (χ2n) is 8.77. The van der Waals surface area contributed by atoms with Gasteiger partial charge < -0.3 is 9.47 Å². The Morgan fingerprint density at radius 3 is 1.97 bits per heavy atom. The largest absolute Gasteiger partial charge is 0.494 e. The second-order valence-corrected chi connectivity index (χ2v) is 8.77. The molecule has 9 heteroatoms. The number of carbonyl (C=O) groups excluding carboxylic acids is 1. The maximum absolute atomic E-state index is 13.1. The average Bonchev–Trinajstić information content (AvgIpc) is 2.97. The van der Waals surface area contributed by atoms with Gasteiger partial charge in [0.25, 0.3) is 0 Å². The number of unbranched alkanes of at least 4 members (excludes halogenated alkanes) is 5. The molecule has 39 heavy (non-hydrogen) atoms. The molecule has 0 atom stereocenters. The zero-order valence-corrected chi connectivity index (χ0v) is 21.3. The van der Waals surface area contributed by atoms with Crippen LogP contribution in [0.2, 0.25) is 0 Å². The Balaban J connectivity index is 1.27. The molecule has 200 valence electrons. The van der Waals surface area contributed by atoms with Crippen molar-refractivity contribution in [3.05, 3.63) is 99.1 Å². The van der Waals surface area contributed by atoms with Crippen molar-refractivity contribution >= 4 is 29.0 Å². The highest BCUT2D eigenvalue weighted by atomic mass is 19.1. The quantitative estimate of drug-likeness (QED) is 0.0643. The normalized spacial score (nSPS) is 10.9. The van der Waals surface area contributed by atoms with E-state index in [1.165, 1.54) is 30.3 Å². The van der Waals surface area contributed by atoms with Crippen LogP contribution in [-0.4, -0.2) is 19.2 Å². The first-order chi connectivity index (χ1) is 19.0. The smallest absolute Gasteiger partial charge is 0.338 e. The van der Waals surface area contributed by atoms with Gasteiger partial charge in [0, 0.05) is 0 Å². The van der Waals surface area contributed by atoms with Crippen LogP contribution in [0.5, 0.6) is 5.75 Å². The Hall–Kier alpha value is -4.71. The van der Waals surface area contributed by atoms with E-state index in [9.17, 15) is 24.3 Å². The number of benzene rings is 3. The van der Waals surface area contributed by atoms with E-state index in [2.05, 4.69) is 16.4 Å². The molecule has 0 N–H and O–H groups in total. The van der Waals surface area contributed by atoms with Crippen LogP contribution < -0.4 is 4.74 Å². The molecule has 0 fully saturated rings. The lowest BCUT2D eigenvalue weighted by Gasteiger charge is -2.07. The molecule has 0 aliphatic rings. The monoisotopic (exact) mass is 529 g/mol. The van der Waals surface area contributed by atoms with Gasteiger partial charge in [-0.2, -0.15) is 5.26 Å². The molecule has 0 radical (unpaired) electrons. The van der Waals surface area contributed by atoms with Gasteiger partial charge in [0.2, 0.25) is 0 Å². The van der Waals surface area contributed by atoms with Crippen LogP contribution in [0.15, 0.2) is 77.1 Å². The Morgan fingerprint density at radius 1 is 0.795 bits per heavy atom. The average molecular weight is 530 g/mol. The fourth-order valence-corrected chi connectivity index (χ4v) is 3.80. The number of carbonyl (C=O) groups is 1. The van der Waals surface area contributed by atoms with Gasteiger partial charge in [-0.15, -0.1) is 9.81 Å². The van der Waals surface area contributed by atoms with E-state index in [4.69, 9.17) is 9.47 Å². The van der Waals surface area contributed by atoms with Gasteiger partial charge in [-0.05, 0) is 82.9 Å². The third kappa shape index (κ3) is 9.59. The summed E-state index contributed by atoms with van der Waals surface area (Å²) in [6, 6.07) is 19.1. The van der Waals surface area contributed by atoms with E-state index in [1.807, 2.05) is 24.3 Å². The van der Waals surface area contributed by atoms with Crippen molar-refractivity contribution in [1.82, 2.24) is 0 Å². The third-order valence-electron chi connectivity index (χ3n) is 5.86.